The third kappa shape index (κ3) is 1.72. The van der Waals surface area contributed by atoms with Crippen molar-refractivity contribution in [2.45, 2.75) is 0 Å². The smallest absolute Gasteiger partial charge is 0.336 e. The van der Waals surface area contributed by atoms with Crippen LogP contribution in [0.15, 0.2) is 39.5 Å². The van der Waals surface area contributed by atoms with Gasteiger partial charge in [0.25, 0.3) is 0 Å². The number of rotatable bonds is 2. The maximum Gasteiger partial charge on any atom is 0.336 e. The van der Waals surface area contributed by atoms with Crippen LogP contribution in [0.2, 0.25) is 0 Å². The molecular weight excluding hydrogens is 204 g/mol. The average molecular weight is 211 g/mol. The Balaban J connectivity index is 2.56. The highest BCUT2D eigenvalue weighted by molar-refractivity contribution is 6.17. The van der Waals surface area contributed by atoms with Crippen LogP contribution in [-0.4, -0.2) is 6.07 Å². The van der Waals surface area contributed by atoms with Crippen LogP contribution >= 0.6 is 11.6 Å². The predicted octanol–water partition coefficient (Wildman–Crippen LogP) is 2.37. The highest BCUT2D eigenvalue weighted by atomic mass is 35.5. The van der Waals surface area contributed by atoms with Gasteiger partial charge in [0.15, 0.2) is 6.07 Å². The van der Waals surface area contributed by atoms with Crippen LogP contribution < -0.4 is 10.4 Å². The maximum atomic E-state index is 10.9. The third-order valence-corrected chi connectivity index (χ3v) is 1.92. The van der Waals surface area contributed by atoms with Gasteiger partial charge in [0.05, 0.1) is 0 Å². The molecule has 0 bridgehead atoms. The summed E-state index contributed by atoms with van der Waals surface area (Å²) in [5.74, 6) is 0.654. The van der Waals surface area contributed by atoms with Crippen LogP contribution in [0, 0.1) is 0 Å². The highest BCUT2D eigenvalue weighted by Gasteiger charge is 1.98. The van der Waals surface area contributed by atoms with Gasteiger partial charge in [-0.1, -0.05) is 11.6 Å². The Hall–Kier alpha value is -1.48. The van der Waals surface area contributed by atoms with E-state index in [1.165, 1.54) is 6.07 Å². The summed E-state index contributed by atoms with van der Waals surface area (Å²) in [6, 6.07) is 8.30. The van der Waals surface area contributed by atoms with Crippen LogP contribution in [0.25, 0.3) is 11.0 Å². The van der Waals surface area contributed by atoms with Crippen molar-refractivity contribution in [3.05, 3.63) is 40.8 Å². The SMILES string of the molecule is O=c1ccc2cc(OCCl)ccc2o1. The van der Waals surface area contributed by atoms with Crippen molar-refractivity contribution in [3.63, 3.8) is 0 Å². The standard InChI is InChI=1S/C10H7ClO3/c11-6-13-8-2-3-9-7(5-8)1-4-10(12)14-9/h1-5H,6H2. The number of benzene rings is 1. The molecule has 0 saturated carbocycles. The number of fused-ring (bicyclic) bond motifs is 1. The second-order valence-corrected chi connectivity index (χ2v) is 2.93. The normalized spacial score (nSPS) is 10.4. The van der Waals surface area contributed by atoms with Crippen molar-refractivity contribution in [1.29, 1.82) is 0 Å². The lowest BCUT2D eigenvalue weighted by Gasteiger charge is -2.01. The van der Waals surface area contributed by atoms with Crippen molar-refractivity contribution in [3.8, 4) is 5.75 Å². The molecule has 1 heterocycles. The summed E-state index contributed by atoms with van der Waals surface area (Å²) in [5.41, 5.74) is 0.183. The van der Waals surface area contributed by atoms with Gasteiger partial charge in [-0.3, -0.25) is 0 Å². The molecule has 1 aromatic heterocycles. The summed E-state index contributed by atoms with van der Waals surface area (Å²) in [7, 11) is 0. The van der Waals surface area contributed by atoms with Gasteiger partial charge < -0.3 is 9.15 Å². The zero-order valence-corrected chi connectivity index (χ0v) is 7.95. The Morgan fingerprint density at radius 2 is 2.14 bits per heavy atom. The van der Waals surface area contributed by atoms with Crippen molar-refractivity contribution in [1.82, 2.24) is 0 Å². The first-order valence-corrected chi connectivity index (χ1v) is 4.56. The zero-order valence-electron chi connectivity index (χ0n) is 7.20. The number of alkyl halides is 1. The molecule has 0 aliphatic carbocycles. The molecule has 1 aromatic carbocycles. The zero-order chi connectivity index (χ0) is 9.97. The van der Waals surface area contributed by atoms with Gasteiger partial charge in [-0.05, 0) is 24.3 Å². The largest absolute Gasteiger partial charge is 0.478 e. The van der Waals surface area contributed by atoms with Gasteiger partial charge in [-0.2, -0.15) is 0 Å². The molecule has 72 valence electrons. The monoisotopic (exact) mass is 210 g/mol. The van der Waals surface area contributed by atoms with Crippen LogP contribution in [0.5, 0.6) is 5.75 Å². The molecule has 0 N–H and O–H groups in total. The Kier molecular flexibility index (Phi) is 2.41. The Morgan fingerprint density at radius 1 is 1.29 bits per heavy atom. The molecule has 2 rings (SSSR count). The molecule has 0 saturated heterocycles. The van der Waals surface area contributed by atoms with Gasteiger partial charge in [0.2, 0.25) is 0 Å². The van der Waals surface area contributed by atoms with E-state index in [0.717, 1.165) is 5.39 Å². The summed E-state index contributed by atoms with van der Waals surface area (Å²) in [6.45, 7) is 0. The van der Waals surface area contributed by atoms with E-state index in [-0.39, 0.29) is 11.7 Å². The van der Waals surface area contributed by atoms with Gasteiger partial charge in [-0.25, -0.2) is 4.79 Å². The lowest BCUT2D eigenvalue weighted by atomic mass is 10.2. The van der Waals surface area contributed by atoms with Crippen molar-refractivity contribution >= 4 is 22.6 Å². The van der Waals surface area contributed by atoms with E-state index >= 15 is 0 Å². The molecule has 0 aliphatic rings. The molecule has 3 nitrogen and oxygen atoms in total. The van der Waals surface area contributed by atoms with Gasteiger partial charge in [-0.15, -0.1) is 0 Å². The molecule has 0 amide bonds. The molecule has 14 heavy (non-hydrogen) atoms. The fraction of sp³-hybridized carbons (Fsp3) is 0.100. The topological polar surface area (TPSA) is 39.4 Å². The van der Waals surface area contributed by atoms with E-state index in [1.807, 2.05) is 0 Å². The van der Waals surface area contributed by atoms with Crippen LogP contribution in [-0.2, 0) is 0 Å². The fourth-order valence-corrected chi connectivity index (χ4v) is 1.33. The van der Waals surface area contributed by atoms with E-state index in [0.29, 0.717) is 11.3 Å². The second kappa shape index (κ2) is 3.72. The lowest BCUT2D eigenvalue weighted by molar-refractivity contribution is 0.388. The highest BCUT2D eigenvalue weighted by Crippen LogP contribution is 2.19. The number of ether oxygens (including phenoxy) is 1. The van der Waals surface area contributed by atoms with Crippen molar-refractivity contribution in [2.75, 3.05) is 6.07 Å². The Labute approximate surface area is 84.9 Å². The van der Waals surface area contributed by atoms with Crippen molar-refractivity contribution in [2.24, 2.45) is 0 Å². The summed E-state index contributed by atoms with van der Waals surface area (Å²) >= 11 is 5.42. The van der Waals surface area contributed by atoms with E-state index in [4.69, 9.17) is 20.8 Å². The summed E-state index contributed by atoms with van der Waals surface area (Å²) in [4.78, 5) is 10.9. The maximum absolute atomic E-state index is 10.9. The first kappa shape index (κ1) is 9.09. The minimum atomic E-state index is -0.358. The van der Waals surface area contributed by atoms with Gasteiger partial charge in [0.1, 0.15) is 11.3 Å². The van der Waals surface area contributed by atoms with Gasteiger partial charge >= 0.3 is 5.63 Å². The number of hydrogen-bond acceptors (Lipinski definition) is 3. The molecule has 0 unspecified atom stereocenters. The Bertz CT molecular complexity index is 504. The number of halogens is 1. The van der Waals surface area contributed by atoms with Crippen molar-refractivity contribution < 1.29 is 9.15 Å². The molecular formula is C10H7ClO3. The van der Waals surface area contributed by atoms with Crippen LogP contribution in [0.3, 0.4) is 0 Å². The van der Waals surface area contributed by atoms with Gasteiger partial charge in [0, 0.05) is 11.5 Å². The molecule has 0 radical (unpaired) electrons. The van der Waals surface area contributed by atoms with E-state index in [1.54, 1.807) is 24.3 Å². The van der Waals surface area contributed by atoms with Crippen LogP contribution in [0.4, 0.5) is 0 Å². The first-order chi connectivity index (χ1) is 6.79. The molecule has 0 spiro atoms. The second-order valence-electron chi connectivity index (χ2n) is 2.71. The molecule has 0 aliphatic heterocycles. The Morgan fingerprint density at radius 3 is 2.93 bits per heavy atom. The van der Waals surface area contributed by atoms with E-state index in [2.05, 4.69) is 0 Å². The lowest BCUT2D eigenvalue weighted by Crippen LogP contribution is -1.94. The minimum Gasteiger partial charge on any atom is -0.478 e. The molecule has 4 heteroatoms. The summed E-state index contributed by atoms with van der Waals surface area (Å²) < 4.78 is 10.0. The van der Waals surface area contributed by atoms with Crippen LogP contribution in [0.1, 0.15) is 0 Å². The van der Waals surface area contributed by atoms with E-state index < -0.39 is 0 Å². The third-order valence-electron chi connectivity index (χ3n) is 1.81. The quantitative estimate of drug-likeness (QED) is 0.564. The molecule has 0 atom stereocenters. The minimum absolute atomic E-state index is 0.0995. The summed E-state index contributed by atoms with van der Waals surface area (Å²) in [6.07, 6.45) is 0. The predicted molar refractivity (Wildman–Crippen MR) is 53.8 cm³/mol. The number of hydrogen-bond donors (Lipinski definition) is 0. The van der Waals surface area contributed by atoms with E-state index in [9.17, 15) is 4.79 Å². The summed E-state index contributed by atoms with van der Waals surface area (Å²) in [5, 5.41) is 0.812. The fourth-order valence-electron chi connectivity index (χ4n) is 1.20. The average Bonchev–Trinajstić information content (AvgIpc) is 2.19. The first-order valence-electron chi connectivity index (χ1n) is 4.02. The molecule has 0 fully saturated rings. The molecule has 2 aromatic rings.